The molecule has 3 rings (SSSR count). The summed E-state index contributed by atoms with van der Waals surface area (Å²) in [6.45, 7) is 8.63. The Hall–Kier alpha value is -3.34. The molecule has 0 unspecified atom stereocenters. The zero-order valence-electron chi connectivity index (χ0n) is 17.7. The summed E-state index contributed by atoms with van der Waals surface area (Å²) < 4.78 is 0.542. The van der Waals surface area contributed by atoms with E-state index in [1.54, 1.807) is 44.2 Å². The van der Waals surface area contributed by atoms with Crippen molar-refractivity contribution in [3.8, 4) is 0 Å². The molecule has 2 heterocycles. The minimum Gasteiger partial charge on any atom is -0.277 e. The highest BCUT2D eigenvalue weighted by molar-refractivity contribution is 9.11. The molecule has 0 aromatic heterocycles. The van der Waals surface area contributed by atoms with Gasteiger partial charge in [0.25, 0.3) is 0 Å². The van der Waals surface area contributed by atoms with Crippen LogP contribution < -0.4 is 21.3 Å². The minimum atomic E-state index is -1.35. The largest absolute Gasteiger partial charge is 0.328 e. The fraction of sp³-hybridized carbons (Fsp3) is 0.333. The van der Waals surface area contributed by atoms with Crippen molar-refractivity contribution < 1.29 is 28.8 Å². The maximum atomic E-state index is 11.9. The molecular formula is C21H23BrN4O6. The van der Waals surface area contributed by atoms with Gasteiger partial charge in [0.05, 0.1) is 0 Å². The summed E-state index contributed by atoms with van der Waals surface area (Å²) in [6, 6.07) is 7.06. The molecule has 0 spiro atoms. The number of hydrogen-bond donors (Lipinski definition) is 4. The first-order chi connectivity index (χ1) is 14.8. The Labute approximate surface area is 192 Å². The van der Waals surface area contributed by atoms with E-state index in [1.807, 2.05) is 0 Å². The van der Waals surface area contributed by atoms with Crippen molar-refractivity contribution in [1.82, 2.24) is 21.3 Å². The Morgan fingerprint density at radius 2 is 1.25 bits per heavy atom. The maximum absolute atomic E-state index is 11.9. The van der Waals surface area contributed by atoms with E-state index in [0.29, 0.717) is 10.0 Å². The molecule has 1 aromatic rings. The Bertz CT molecular complexity index is 965. The number of nitrogens with one attached hydrogen (secondary N) is 4. The molecule has 0 aliphatic carbocycles. The number of carbonyl (C=O) groups excluding carboxylic acids is 6. The van der Waals surface area contributed by atoms with Crippen LogP contribution in [0.3, 0.4) is 0 Å². The summed E-state index contributed by atoms with van der Waals surface area (Å²) in [7, 11) is 0. The Morgan fingerprint density at radius 3 is 1.62 bits per heavy atom. The van der Waals surface area contributed by atoms with Crippen LogP contribution in [-0.2, 0) is 24.6 Å². The summed E-state index contributed by atoms with van der Waals surface area (Å²) in [5, 5.41) is 8.41. The summed E-state index contributed by atoms with van der Waals surface area (Å²) in [6.07, 6.45) is 0.162. The zero-order chi connectivity index (χ0) is 24.3. The summed E-state index contributed by atoms with van der Waals surface area (Å²) in [5.74, 6) is -2.59. The standard InChI is InChI=1S/C11H10N2O3.C10H13BrN2O3/c1-11(7-5-3-2-4-6-7)8(14)12-10(16)13-9(11)15;1-5(2)10(4-6(3)11)7(14)12-9(16)13-8(10)15/h2-6H,1H3,(H2,12,13,14,15,16);5H,3-4H2,1-2H3,(H2,12,13,14,15,16). The first-order valence-corrected chi connectivity index (χ1v) is 10.4. The molecule has 10 nitrogen and oxygen atoms in total. The molecule has 0 bridgehead atoms. The Balaban J connectivity index is 0.000000227. The second-order valence-electron chi connectivity index (χ2n) is 7.79. The Morgan fingerprint density at radius 1 is 0.844 bits per heavy atom. The van der Waals surface area contributed by atoms with Gasteiger partial charge in [0.15, 0.2) is 5.41 Å². The number of barbiturate groups is 2. The SMILES string of the molecule is C=C(Br)CC1(C(C)C)C(=O)NC(=O)NC1=O.CC1(c2ccccc2)C(=O)NC(=O)NC1=O. The first-order valence-electron chi connectivity index (χ1n) is 9.58. The molecule has 170 valence electrons. The lowest BCUT2D eigenvalue weighted by Gasteiger charge is -2.36. The molecule has 2 aliphatic heterocycles. The number of imide groups is 4. The van der Waals surface area contributed by atoms with Crippen LogP contribution in [-0.4, -0.2) is 35.7 Å². The number of rotatable bonds is 4. The van der Waals surface area contributed by atoms with E-state index in [0.717, 1.165) is 0 Å². The lowest BCUT2D eigenvalue weighted by Crippen LogP contribution is -2.64. The van der Waals surface area contributed by atoms with Gasteiger partial charge in [0.2, 0.25) is 23.6 Å². The van der Waals surface area contributed by atoms with E-state index in [4.69, 9.17) is 0 Å². The number of allylic oxidation sites excluding steroid dienone is 1. The minimum absolute atomic E-state index is 0.162. The topological polar surface area (TPSA) is 151 Å². The average Bonchev–Trinajstić information content (AvgIpc) is 2.69. The molecular weight excluding hydrogens is 484 g/mol. The van der Waals surface area contributed by atoms with Crippen LogP contribution in [0, 0.1) is 11.3 Å². The molecule has 2 fully saturated rings. The van der Waals surface area contributed by atoms with Crippen LogP contribution in [0.1, 0.15) is 32.8 Å². The van der Waals surface area contributed by atoms with Crippen molar-refractivity contribution in [1.29, 1.82) is 0 Å². The second-order valence-corrected chi connectivity index (χ2v) is 8.91. The molecule has 2 saturated heterocycles. The normalized spacial score (nSPS) is 19.2. The Kier molecular flexibility index (Phi) is 7.34. The van der Waals surface area contributed by atoms with Gasteiger partial charge in [-0.25, -0.2) is 9.59 Å². The van der Waals surface area contributed by atoms with E-state index in [1.165, 1.54) is 6.92 Å². The van der Waals surface area contributed by atoms with Gasteiger partial charge in [-0.1, -0.05) is 66.7 Å². The van der Waals surface area contributed by atoms with Crippen LogP contribution in [0.2, 0.25) is 0 Å². The molecule has 8 amide bonds. The number of carbonyl (C=O) groups is 6. The fourth-order valence-electron chi connectivity index (χ4n) is 3.38. The fourth-order valence-corrected chi connectivity index (χ4v) is 3.82. The number of urea groups is 2. The van der Waals surface area contributed by atoms with Crippen molar-refractivity contribution in [3.05, 3.63) is 47.0 Å². The molecule has 32 heavy (non-hydrogen) atoms. The van der Waals surface area contributed by atoms with E-state index >= 15 is 0 Å². The third-order valence-electron chi connectivity index (χ3n) is 5.43. The monoisotopic (exact) mass is 506 g/mol. The zero-order valence-corrected chi connectivity index (χ0v) is 19.3. The van der Waals surface area contributed by atoms with Gasteiger partial charge in [-0.2, -0.15) is 0 Å². The summed E-state index contributed by atoms with van der Waals surface area (Å²) >= 11 is 3.14. The lowest BCUT2D eigenvalue weighted by molar-refractivity contribution is -0.147. The van der Waals surface area contributed by atoms with Crippen molar-refractivity contribution >= 4 is 51.6 Å². The number of hydrogen-bond acceptors (Lipinski definition) is 6. The molecule has 4 N–H and O–H groups in total. The molecule has 1 aromatic carbocycles. The van der Waals surface area contributed by atoms with E-state index in [9.17, 15) is 28.8 Å². The van der Waals surface area contributed by atoms with E-state index < -0.39 is 46.5 Å². The van der Waals surface area contributed by atoms with Gasteiger partial charge in [-0.3, -0.25) is 40.4 Å². The molecule has 0 radical (unpaired) electrons. The van der Waals surface area contributed by atoms with Gasteiger partial charge in [0.1, 0.15) is 5.41 Å². The van der Waals surface area contributed by atoms with Crippen molar-refractivity contribution in [2.75, 3.05) is 0 Å². The van der Waals surface area contributed by atoms with Gasteiger partial charge >= 0.3 is 12.1 Å². The quantitative estimate of drug-likeness (QED) is 0.455. The molecule has 2 aliphatic rings. The van der Waals surface area contributed by atoms with Crippen LogP contribution >= 0.6 is 15.9 Å². The van der Waals surface area contributed by atoms with Crippen LogP contribution in [0.25, 0.3) is 0 Å². The van der Waals surface area contributed by atoms with Crippen LogP contribution in [0.5, 0.6) is 0 Å². The third-order valence-corrected chi connectivity index (χ3v) is 5.71. The molecule has 0 saturated carbocycles. The van der Waals surface area contributed by atoms with Gasteiger partial charge in [-0.05, 0) is 22.9 Å². The lowest BCUT2D eigenvalue weighted by atomic mass is 9.72. The predicted octanol–water partition coefficient (Wildman–Crippen LogP) is 1.60. The van der Waals surface area contributed by atoms with Crippen molar-refractivity contribution in [2.45, 2.75) is 32.6 Å². The molecule has 11 heteroatoms. The predicted molar refractivity (Wildman–Crippen MR) is 117 cm³/mol. The smallest absolute Gasteiger partial charge is 0.277 e. The highest BCUT2D eigenvalue weighted by Gasteiger charge is 2.52. The number of halogens is 1. The van der Waals surface area contributed by atoms with Gasteiger partial charge in [0, 0.05) is 6.42 Å². The molecule has 0 atom stereocenters. The average molecular weight is 507 g/mol. The summed E-state index contributed by atoms with van der Waals surface area (Å²) in [4.78, 5) is 69.1. The van der Waals surface area contributed by atoms with Gasteiger partial charge in [-0.15, -0.1) is 0 Å². The number of benzene rings is 1. The van der Waals surface area contributed by atoms with Crippen LogP contribution in [0.15, 0.2) is 41.4 Å². The van der Waals surface area contributed by atoms with E-state index in [2.05, 4.69) is 43.8 Å². The van der Waals surface area contributed by atoms with Gasteiger partial charge < -0.3 is 0 Å². The van der Waals surface area contributed by atoms with Crippen LogP contribution in [0.4, 0.5) is 9.59 Å². The highest BCUT2D eigenvalue weighted by atomic mass is 79.9. The third kappa shape index (κ3) is 4.62. The van der Waals surface area contributed by atoms with E-state index in [-0.39, 0.29) is 12.3 Å². The number of amides is 8. The highest BCUT2D eigenvalue weighted by Crippen LogP contribution is 2.37. The summed E-state index contributed by atoms with van der Waals surface area (Å²) in [5.41, 5.74) is -2.07. The first kappa shape index (κ1) is 24.9. The maximum Gasteiger partial charge on any atom is 0.328 e. The van der Waals surface area contributed by atoms with Crippen molar-refractivity contribution in [3.63, 3.8) is 0 Å². The van der Waals surface area contributed by atoms with Crippen molar-refractivity contribution in [2.24, 2.45) is 11.3 Å². The second kappa shape index (κ2) is 9.43.